The first-order valence-electron chi connectivity index (χ1n) is 21.8. The number of ketones is 1. The van der Waals surface area contributed by atoms with Crippen molar-refractivity contribution in [2.75, 3.05) is 21.3 Å². The minimum atomic E-state index is -1.79. The summed E-state index contributed by atoms with van der Waals surface area (Å²) in [4.78, 5) is 25.4. The second kappa shape index (κ2) is 17.2. The quantitative estimate of drug-likeness (QED) is 0.201. The van der Waals surface area contributed by atoms with Crippen LogP contribution in [-0.4, -0.2) is 146 Å². The minimum Gasteiger partial charge on any atom is -0.462 e. The lowest BCUT2D eigenvalue weighted by molar-refractivity contribution is -0.338. The third kappa shape index (κ3) is 7.79. The zero-order valence-corrected chi connectivity index (χ0v) is 36.6. The van der Waals surface area contributed by atoms with E-state index < -0.39 is 83.9 Å². The average molecular weight is 839 g/mol. The molecule has 336 valence electrons. The number of aliphatic hydroxyl groups excluding tert-OH is 1. The van der Waals surface area contributed by atoms with Crippen molar-refractivity contribution < 1.29 is 72.3 Å². The van der Waals surface area contributed by atoms with Crippen LogP contribution in [0.1, 0.15) is 113 Å². The molecule has 4 aliphatic carbocycles. The van der Waals surface area contributed by atoms with E-state index in [1.165, 1.54) is 19.4 Å². The van der Waals surface area contributed by atoms with Gasteiger partial charge in [-0.3, -0.25) is 9.59 Å². The molecule has 3 N–H and O–H groups in total. The van der Waals surface area contributed by atoms with Crippen LogP contribution in [0.15, 0.2) is 11.6 Å². The molecule has 7 rings (SSSR count). The van der Waals surface area contributed by atoms with Gasteiger partial charge in [0.15, 0.2) is 24.7 Å². The molecule has 0 aromatic carbocycles. The molecule has 20 atom stereocenters. The molecule has 6 fully saturated rings. The Morgan fingerprint density at radius 3 is 1.81 bits per heavy atom. The Labute approximate surface area is 349 Å². The summed E-state index contributed by atoms with van der Waals surface area (Å²) in [6.07, 6.45) is 0.686. The summed E-state index contributed by atoms with van der Waals surface area (Å²) in [5.41, 5.74) is -3.54. The van der Waals surface area contributed by atoms with E-state index in [2.05, 4.69) is 13.0 Å². The van der Waals surface area contributed by atoms with Gasteiger partial charge in [-0.25, -0.2) is 0 Å². The van der Waals surface area contributed by atoms with Gasteiger partial charge >= 0.3 is 5.97 Å². The van der Waals surface area contributed by atoms with Crippen LogP contribution < -0.4 is 0 Å². The number of methoxy groups -OCH3 is 3. The number of ether oxygens (including phenoxy) is 10. The van der Waals surface area contributed by atoms with Gasteiger partial charge in [0.2, 0.25) is 0 Å². The molecular formula is C44H70O15. The first kappa shape index (κ1) is 45.4. The SMILES string of the molecule is COC1CC(OC2C(C)OC(OC3C(C)OC(OC4CCC5(C)C(=CCC6C5CC(OC(C)=O)C5(C)C(O)(C(C)=O)CCC65O)C4)CC3OC)CC2OC)OC(C)C1O. The summed E-state index contributed by atoms with van der Waals surface area (Å²) >= 11 is 0. The number of esters is 1. The van der Waals surface area contributed by atoms with Crippen LogP contribution in [0, 0.1) is 22.7 Å². The van der Waals surface area contributed by atoms with Crippen molar-refractivity contribution in [2.24, 2.45) is 22.7 Å². The highest BCUT2D eigenvalue weighted by Crippen LogP contribution is 2.69. The lowest BCUT2D eigenvalue weighted by Gasteiger charge is -2.63. The largest absolute Gasteiger partial charge is 0.462 e. The fourth-order valence-electron chi connectivity index (χ4n) is 12.6. The molecule has 0 aromatic rings. The van der Waals surface area contributed by atoms with E-state index in [4.69, 9.17) is 47.4 Å². The molecule has 15 heteroatoms. The maximum Gasteiger partial charge on any atom is 0.302 e. The van der Waals surface area contributed by atoms with E-state index in [9.17, 15) is 24.9 Å². The maximum absolute atomic E-state index is 13.0. The molecule has 20 unspecified atom stereocenters. The Hall–Kier alpha value is -1.60. The molecule has 3 heterocycles. The van der Waals surface area contributed by atoms with Crippen molar-refractivity contribution in [1.82, 2.24) is 0 Å². The molecule has 3 saturated carbocycles. The summed E-state index contributed by atoms with van der Waals surface area (Å²) in [6.45, 7) is 12.4. The number of hydrogen-bond acceptors (Lipinski definition) is 15. The highest BCUT2D eigenvalue weighted by atomic mass is 16.7. The lowest BCUT2D eigenvalue weighted by atomic mass is 9.44. The van der Waals surface area contributed by atoms with E-state index in [0.717, 1.165) is 12.8 Å². The second-order valence-corrected chi connectivity index (χ2v) is 19.0. The smallest absolute Gasteiger partial charge is 0.302 e. The van der Waals surface area contributed by atoms with Crippen molar-refractivity contribution in [3.63, 3.8) is 0 Å². The zero-order valence-electron chi connectivity index (χ0n) is 36.6. The summed E-state index contributed by atoms with van der Waals surface area (Å²) in [5, 5.41) is 34.8. The van der Waals surface area contributed by atoms with Crippen molar-refractivity contribution >= 4 is 11.8 Å². The Kier molecular flexibility index (Phi) is 13.2. The van der Waals surface area contributed by atoms with Gasteiger partial charge in [-0.15, -0.1) is 0 Å². The first-order chi connectivity index (χ1) is 27.8. The van der Waals surface area contributed by atoms with Crippen LogP contribution in [-0.2, 0) is 57.0 Å². The highest BCUT2D eigenvalue weighted by Gasteiger charge is 2.76. The van der Waals surface area contributed by atoms with E-state index in [1.807, 2.05) is 13.8 Å². The normalized spacial score (nSPS) is 51.2. The predicted molar refractivity (Wildman–Crippen MR) is 210 cm³/mol. The standard InChI is InChI=1S/C44H70O15/c1-22-38(47)31(50-8)19-36(53-22)58-40-24(3)55-37(21-33(40)52-10)59-39-23(2)54-35(20-32(39)51-9)57-28-13-14-41(6)27(17-28)11-12-29-30(41)18-34(56-26(5)46)42(7)43(48,25(4)45)15-16-44(29,42)49/h11,22-24,28-40,47-49H,12-21H2,1-10H3. The molecule has 0 aromatic heterocycles. The van der Waals surface area contributed by atoms with Gasteiger partial charge in [0, 0.05) is 47.5 Å². The third-order valence-corrected chi connectivity index (χ3v) is 16.1. The van der Waals surface area contributed by atoms with Crippen molar-refractivity contribution in [1.29, 1.82) is 0 Å². The van der Waals surface area contributed by atoms with Crippen molar-refractivity contribution in [2.45, 2.75) is 210 Å². The lowest BCUT2D eigenvalue weighted by Crippen LogP contribution is -2.71. The molecule has 3 aliphatic heterocycles. The van der Waals surface area contributed by atoms with Gasteiger partial charge in [-0.05, 0) is 89.9 Å². The Bertz CT molecular complexity index is 1560. The molecule has 0 amide bonds. The van der Waals surface area contributed by atoms with Crippen LogP contribution in [0.2, 0.25) is 0 Å². The van der Waals surface area contributed by atoms with Gasteiger partial charge in [0.05, 0.1) is 53.7 Å². The minimum absolute atomic E-state index is 0.0208. The number of carbonyl (C=O) groups is 2. The fourth-order valence-corrected chi connectivity index (χ4v) is 12.6. The second-order valence-electron chi connectivity index (χ2n) is 19.0. The Morgan fingerprint density at radius 2 is 1.27 bits per heavy atom. The van der Waals surface area contributed by atoms with Gasteiger partial charge in [0.25, 0.3) is 0 Å². The van der Waals surface area contributed by atoms with Crippen LogP contribution in [0.5, 0.6) is 0 Å². The summed E-state index contributed by atoms with van der Waals surface area (Å²) in [7, 11) is 4.88. The molecule has 0 spiro atoms. The van der Waals surface area contributed by atoms with Crippen LogP contribution in [0.3, 0.4) is 0 Å². The molecule has 0 bridgehead atoms. The summed E-state index contributed by atoms with van der Waals surface area (Å²) < 4.78 is 61.8. The van der Waals surface area contributed by atoms with Crippen molar-refractivity contribution in [3.8, 4) is 0 Å². The van der Waals surface area contributed by atoms with Crippen LogP contribution in [0.25, 0.3) is 0 Å². The van der Waals surface area contributed by atoms with E-state index in [0.29, 0.717) is 38.5 Å². The first-order valence-corrected chi connectivity index (χ1v) is 21.8. The predicted octanol–water partition coefficient (Wildman–Crippen LogP) is 3.89. The summed E-state index contributed by atoms with van der Waals surface area (Å²) in [5.74, 6) is -1.12. The molecule has 7 aliphatic rings. The zero-order chi connectivity index (χ0) is 42.8. The van der Waals surface area contributed by atoms with Gasteiger partial charge in [-0.1, -0.05) is 25.5 Å². The highest BCUT2D eigenvalue weighted by molar-refractivity contribution is 5.87. The van der Waals surface area contributed by atoms with E-state index >= 15 is 0 Å². The van der Waals surface area contributed by atoms with Crippen LogP contribution in [0.4, 0.5) is 0 Å². The number of hydrogen-bond donors (Lipinski definition) is 3. The number of rotatable bonds is 11. The van der Waals surface area contributed by atoms with Gasteiger partial charge < -0.3 is 62.7 Å². The monoisotopic (exact) mass is 838 g/mol. The van der Waals surface area contributed by atoms with Crippen molar-refractivity contribution in [3.05, 3.63) is 11.6 Å². The topological polar surface area (TPSA) is 187 Å². The number of carbonyl (C=O) groups excluding carboxylic acids is 2. The van der Waals surface area contributed by atoms with E-state index in [1.54, 1.807) is 35.2 Å². The number of aliphatic hydroxyl groups is 3. The third-order valence-electron chi connectivity index (χ3n) is 16.1. The van der Waals surface area contributed by atoms with Gasteiger partial charge in [0.1, 0.15) is 30.0 Å². The molecule has 3 saturated heterocycles. The summed E-state index contributed by atoms with van der Waals surface area (Å²) in [6, 6.07) is 0. The average Bonchev–Trinajstić information content (AvgIpc) is 3.41. The van der Waals surface area contributed by atoms with Gasteiger partial charge in [-0.2, -0.15) is 0 Å². The number of Topliss-reactive ketones (excluding diaryl/α,β-unsaturated/α-hetero) is 1. The molecule has 15 nitrogen and oxygen atoms in total. The van der Waals surface area contributed by atoms with E-state index in [-0.39, 0.29) is 60.6 Å². The Morgan fingerprint density at radius 1 is 0.729 bits per heavy atom. The maximum atomic E-state index is 13.0. The molecule has 0 radical (unpaired) electrons. The van der Waals surface area contributed by atoms with Crippen LogP contribution >= 0.6 is 0 Å². The number of allylic oxidation sites excluding steroid dienone is 1. The molecule has 59 heavy (non-hydrogen) atoms. The fraction of sp³-hybridized carbons (Fsp3) is 0.909. The molecular weight excluding hydrogens is 768 g/mol. The Balaban J connectivity index is 0.972. The number of fused-ring (bicyclic) bond motifs is 5.